The molecule has 0 heterocycles. The Labute approximate surface area is 218 Å². The van der Waals surface area contributed by atoms with Crippen molar-refractivity contribution in [2.24, 2.45) is 17.2 Å². The minimum atomic E-state index is -1.73. The van der Waals surface area contributed by atoms with Gasteiger partial charge in [0.15, 0.2) is 0 Å². The van der Waals surface area contributed by atoms with Gasteiger partial charge in [-0.05, 0) is 49.9 Å². The molecule has 0 aliphatic heterocycles. The van der Waals surface area contributed by atoms with Crippen molar-refractivity contribution in [2.45, 2.75) is 62.7 Å². The highest BCUT2D eigenvalue weighted by atomic mass is 16.4. The van der Waals surface area contributed by atoms with Crippen LogP contribution < -0.4 is 33.2 Å². The van der Waals surface area contributed by atoms with E-state index >= 15 is 0 Å². The van der Waals surface area contributed by atoms with E-state index in [9.17, 15) is 44.1 Å². The molecule has 4 unspecified atom stereocenters. The number of hydrogen-bond acceptors (Lipinski definition) is 9. The SMILES string of the molecule is NCCCCC(NC(=O)C(CC(=O)O)NC(=O)C(CC(N)=O)NC(=O)C(N)Cc1ccc(O)cc1)C(=O)O. The number of aliphatic carboxylic acids is 2. The molecule has 0 aliphatic rings. The van der Waals surface area contributed by atoms with Crippen LogP contribution in [0.4, 0.5) is 0 Å². The monoisotopic (exact) mass is 538 g/mol. The lowest BCUT2D eigenvalue weighted by molar-refractivity contribution is -0.144. The van der Waals surface area contributed by atoms with Crippen LogP contribution in [-0.2, 0) is 35.2 Å². The van der Waals surface area contributed by atoms with E-state index in [0.717, 1.165) is 0 Å². The Bertz CT molecular complexity index is 1000. The third-order valence-corrected chi connectivity index (χ3v) is 5.34. The fraction of sp³-hybridized carbons (Fsp3) is 0.478. The Morgan fingerprint density at radius 3 is 1.82 bits per heavy atom. The number of unbranched alkanes of at least 4 members (excludes halogenated alkanes) is 1. The number of nitrogens with two attached hydrogens (primary N) is 3. The average Bonchev–Trinajstić information content (AvgIpc) is 2.83. The lowest BCUT2D eigenvalue weighted by atomic mass is 10.0. The Balaban J connectivity index is 2.96. The number of primary amides is 1. The van der Waals surface area contributed by atoms with Gasteiger partial charge in [-0.15, -0.1) is 0 Å². The Kier molecular flexibility index (Phi) is 13.2. The standard InChI is InChI=1S/C23H34N6O9/c24-8-2-1-3-15(23(37)38)27-22(36)17(11-19(32)33)29-21(35)16(10-18(26)31)28-20(34)14(25)9-12-4-6-13(30)7-5-12/h4-7,14-17,30H,1-3,8-11,24-25H2,(H2,26,31)(H,27,36)(H,28,34)(H,29,35)(H,32,33)(H,37,38). The molecule has 0 spiro atoms. The van der Waals surface area contributed by atoms with E-state index in [0.29, 0.717) is 24.9 Å². The first-order chi connectivity index (χ1) is 17.8. The Morgan fingerprint density at radius 1 is 0.789 bits per heavy atom. The van der Waals surface area contributed by atoms with Crippen molar-refractivity contribution < 1.29 is 44.1 Å². The summed E-state index contributed by atoms with van der Waals surface area (Å²) >= 11 is 0. The van der Waals surface area contributed by atoms with Crippen LogP contribution >= 0.6 is 0 Å². The summed E-state index contributed by atoms with van der Waals surface area (Å²) in [7, 11) is 0. The molecule has 15 heteroatoms. The topological polar surface area (TPSA) is 277 Å². The maximum absolute atomic E-state index is 12.9. The first-order valence-corrected chi connectivity index (χ1v) is 11.7. The van der Waals surface area contributed by atoms with Crippen LogP contribution in [0, 0.1) is 0 Å². The second kappa shape index (κ2) is 15.8. The van der Waals surface area contributed by atoms with Crippen LogP contribution in [0.3, 0.4) is 0 Å². The van der Waals surface area contributed by atoms with Crippen molar-refractivity contribution in [1.29, 1.82) is 0 Å². The van der Waals surface area contributed by atoms with Gasteiger partial charge >= 0.3 is 11.9 Å². The number of hydrogen-bond donors (Lipinski definition) is 9. The molecule has 0 aliphatic carbocycles. The summed E-state index contributed by atoms with van der Waals surface area (Å²) in [5.74, 6) is -6.86. The molecule has 0 radical (unpaired) electrons. The first kappa shape index (κ1) is 31.8. The molecule has 1 aromatic carbocycles. The molecule has 0 saturated carbocycles. The minimum Gasteiger partial charge on any atom is -0.508 e. The molecule has 4 amide bonds. The van der Waals surface area contributed by atoms with Crippen molar-refractivity contribution in [2.75, 3.05) is 6.54 Å². The van der Waals surface area contributed by atoms with Gasteiger partial charge in [0, 0.05) is 0 Å². The average molecular weight is 539 g/mol. The number of phenolic OH excluding ortho intramolecular Hbond substituents is 1. The summed E-state index contributed by atoms with van der Waals surface area (Å²) < 4.78 is 0. The van der Waals surface area contributed by atoms with Crippen molar-refractivity contribution in [3.63, 3.8) is 0 Å². The quantitative estimate of drug-likeness (QED) is 0.0918. The molecule has 12 N–H and O–H groups in total. The fourth-order valence-electron chi connectivity index (χ4n) is 3.35. The molecular weight excluding hydrogens is 504 g/mol. The van der Waals surface area contributed by atoms with Gasteiger partial charge in [0.05, 0.1) is 18.9 Å². The van der Waals surface area contributed by atoms with Crippen molar-refractivity contribution in [3.8, 4) is 5.75 Å². The molecule has 210 valence electrons. The number of nitrogens with one attached hydrogen (secondary N) is 3. The van der Waals surface area contributed by atoms with Crippen molar-refractivity contribution >= 4 is 35.6 Å². The number of benzene rings is 1. The molecule has 38 heavy (non-hydrogen) atoms. The molecule has 15 nitrogen and oxygen atoms in total. The van der Waals surface area contributed by atoms with Gasteiger partial charge in [0.25, 0.3) is 0 Å². The number of aromatic hydroxyl groups is 1. The number of rotatable bonds is 17. The van der Waals surface area contributed by atoms with Gasteiger partial charge in [-0.25, -0.2) is 4.79 Å². The maximum atomic E-state index is 12.9. The predicted octanol–water partition coefficient (Wildman–Crippen LogP) is -2.72. The molecule has 0 saturated heterocycles. The molecule has 0 fully saturated rings. The number of amides is 4. The highest BCUT2D eigenvalue weighted by Gasteiger charge is 2.32. The van der Waals surface area contributed by atoms with E-state index in [1.807, 2.05) is 0 Å². The predicted molar refractivity (Wildman–Crippen MR) is 132 cm³/mol. The lowest BCUT2D eigenvalue weighted by Crippen LogP contribution is -2.58. The third-order valence-electron chi connectivity index (χ3n) is 5.34. The zero-order chi connectivity index (χ0) is 28.8. The smallest absolute Gasteiger partial charge is 0.326 e. The summed E-state index contributed by atoms with van der Waals surface area (Å²) in [4.78, 5) is 72.4. The number of carboxylic acid groups (broad SMARTS) is 2. The first-order valence-electron chi connectivity index (χ1n) is 11.7. The summed E-state index contributed by atoms with van der Waals surface area (Å²) in [6.45, 7) is 0.309. The molecular formula is C23H34N6O9. The van der Waals surface area contributed by atoms with Gasteiger partial charge in [-0.1, -0.05) is 12.1 Å². The highest BCUT2D eigenvalue weighted by Crippen LogP contribution is 2.11. The molecule has 1 rings (SSSR count). The highest BCUT2D eigenvalue weighted by molar-refractivity contribution is 5.97. The van der Waals surface area contributed by atoms with Gasteiger partial charge in [0.1, 0.15) is 23.9 Å². The van der Waals surface area contributed by atoms with Crippen LogP contribution in [0.1, 0.15) is 37.7 Å². The summed E-state index contributed by atoms with van der Waals surface area (Å²) in [5.41, 5.74) is 17.0. The van der Waals surface area contributed by atoms with Crippen molar-refractivity contribution in [3.05, 3.63) is 29.8 Å². The number of carbonyl (C=O) groups is 6. The van der Waals surface area contributed by atoms with Crippen LogP contribution in [0.5, 0.6) is 5.75 Å². The van der Waals surface area contributed by atoms with E-state index in [-0.39, 0.29) is 18.6 Å². The van der Waals surface area contributed by atoms with Gasteiger partial charge in [0.2, 0.25) is 23.6 Å². The second-order valence-corrected chi connectivity index (χ2v) is 8.55. The van der Waals surface area contributed by atoms with Crippen LogP contribution in [0.15, 0.2) is 24.3 Å². The lowest BCUT2D eigenvalue weighted by Gasteiger charge is -2.24. The maximum Gasteiger partial charge on any atom is 0.326 e. The van der Waals surface area contributed by atoms with Gasteiger partial charge in [-0.3, -0.25) is 24.0 Å². The van der Waals surface area contributed by atoms with Crippen molar-refractivity contribution in [1.82, 2.24) is 16.0 Å². The summed E-state index contributed by atoms with van der Waals surface area (Å²) in [5, 5.41) is 34.5. The minimum absolute atomic E-state index is 0.00940. The second-order valence-electron chi connectivity index (χ2n) is 8.55. The van der Waals surface area contributed by atoms with Crippen LogP contribution in [-0.4, -0.2) is 81.6 Å². The molecule has 0 aromatic heterocycles. The van der Waals surface area contributed by atoms with Crippen LogP contribution in [0.25, 0.3) is 0 Å². The van der Waals surface area contributed by atoms with E-state index < -0.39 is 72.6 Å². The van der Waals surface area contributed by atoms with E-state index in [1.54, 1.807) is 0 Å². The summed E-state index contributed by atoms with van der Waals surface area (Å²) in [6.07, 6.45) is -0.696. The molecule has 4 atom stereocenters. The Hall–Kier alpha value is -4.24. The number of carboxylic acids is 2. The Morgan fingerprint density at radius 2 is 1.32 bits per heavy atom. The number of carbonyl (C=O) groups excluding carboxylic acids is 4. The normalized spacial score (nSPS) is 13.8. The van der Waals surface area contributed by atoms with E-state index in [2.05, 4.69) is 16.0 Å². The van der Waals surface area contributed by atoms with Crippen LogP contribution in [0.2, 0.25) is 0 Å². The number of phenols is 1. The van der Waals surface area contributed by atoms with Gasteiger partial charge < -0.3 is 48.5 Å². The van der Waals surface area contributed by atoms with Gasteiger partial charge in [-0.2, -0.15) is 0 Å². The largest absolute Gasteiger partial charge is 0.508 e. The zero-order valence-electron chi connectivity index (χ0n) is 20.6. The van der Waals surface area contributed by atoms with E-state index in [4.69, 9.17) is 17.2 Å². The summed E-state index contributed by atoms with van der Waals surface area (Å²) in [6, 6.07) is -0.0122. The molecule has 0 bridgehead atoms. The van der Waals surface area contributed by atoms with E-state index in [1.165, 1.54) is 24.3 Å². The zero-order valence-corrected chi connectivity index (χ0v) is 20.6. The fourth-order valence-corrected chi connectivity index (χ4v) is 3.35. The third kappa shape index (κ3) is 11.7. The molecule has 1 aromatic rings.